The molecule has 0 bridgehead atoms. The average molecular weight is 227 g/mol. The number of sulfonamides is 1. The normalized spacial score (nSPS) is 11.2. The molecule has 0 amide bonds. The van der Waals surface area contributed by atoms with Crippen LogP contribution in [-0.2, 0) is 10.0 Å². The molecule has 0 atom stereocenters. The van der Waals surface area contributed by atoms with E-state index in [-0.39, 0.29) is 17.2 Å². The molecule has 0 radical (unpaired) electrons. The largest absolute Gasteiger partial charge is 0.507 e. The van der Waals surface area contributed by atoms with Gasteiger partial charge in [0.25, 0.3) is 0 Å². The summed E-state index contributed by atoms with van der Waals surface area (Å²) in [5, 5.41) is 9.36. The standard InChI is InChI=1S/C10H13NO3S/c1-2-3-8-11-15(13,14)10-7-5-4-6-9(10)12/h2,4-7,11-12H,1,3,8H2. The van der Waals surface area contributed by atoms with Crippen molar-refractivity contribution < 1.29 is 13.5 Å². The van der Waals surface area contributed by atoms with Crippen molar-refractivity contribution in [2.24, 2.45) is 0 Å². The highest BCUT2D eigenvalue weighted by Crippen LogP contribution is 2.20. The third-order valence-electron chi connectivity index (χ3n) is 1.80. The Morgan fingerprint density at radius 1 is 1.40 bits per heavy atom. The molecule has 82 valence electrons. The SMILES string of the molecule is C=CCCNS(=O)(=O)c1ccccc1O. The van der Waals surface area contributed by atoms with Crippen molar-refractivity contribution >= 4 is 10.0 Å². The van der Waals surface area contributed by atoms with Gasteiger partial charge >= 0.3 is 0 Å². The van der Waals surface area contributed by atoms with Gasteiger partial charge < -0.3 is 5.11 Å². The fourth-order valence-electron chi connectivity index (χ4n) is 1.06. The monoisotopic (exact) mass is 227 g/mol. The number of hydrogen-bond acceptors (Lipinski definition) is 3. The molecule has 1 aromatic rings. The Morgan fingerprint density at radius 2 is 2.07 bits per heavy atom. The Morgan fingerprint density at radius 3 is 2.67 bits per heavy atom. The Balaban J connectivity index is 2.87. The fourth-order valence-corrected chi connectivity index (χ4v) is 2.20. The molecular weight excluding hydrogens is 214 g/mol. The molecule has 0 fully saturated rings. The van der Waals surface area contributed by atoms with Gasteiger partial charge in [-0.1, -0.05) is 18.2 Å². The van der Waals surface area contributed by atoms with Crippen molar-refractivity contribution in [3.63, 3.8) is 0 Å². The lowest BCUT2D eigenvalue weighted by Crippen LogP contribution is -2.24. The lowest BCUT2D eigenvalue weighted by molar-refractivity contribution is 0.458. The van der Waals surface area contributed by atoms with E-state index in [0.717, 1.165) is 0 Å². The summed E-state index contributed by atoms with van der Waals surface area (Å²) in [5.74, 6) is -0.247. The molecule has 4 nitrogen and oxygen atoms in total. The summed E-state index contributed by atoms with van der Waals surface area (Å²) in [5.41, 5.74) is 0. The molecule has 0 aliphatic rings. The van der Waals surface area contributed by atoms with Gasteiger partial charge in [0.2, 0.25) is 10.0 Å². The quantitative estimate of drug-likeness (QED) is 0.587. The summed E-state index contributed by atoms with van der Waals surface area (Å²) in [4.78, 5) is -0.103. The van der Waals surface area contributed by atoms with Crippen LogP contribution >= 0.6 is 0 Å². The van der Waals surface area contributed by atoms with Crippen LogP contribution in [0.25, 0.3) is 0 Å². The van der Waals surface area contributed by atoms with Crippen molar-refractivity contribution in [1.82, 2.24) is 4.72 Å². The third-order valence-corrected chi connectivity index (χ3v) is 3.30. The van der Waals surface area contributed by atoms with Crippen LogP contribution in [0.15, 0.2) is 41.8 Å². The molecule has 1 rings (SSSR count). The second kappa shape index (κ2) is 4.95. The molecule has 0 heterocycles. The average Bonchev–Trinajstić information content (AvgIpc) is 2.18. The first-order valence-corrected chi connectivity index (χ1v) is 5.95. The summed E-state index contributed by atoms with van der Waals surface area (Å²) in [7, 11) is -3.61. The predicted octanol–water partition coefficient (Wildman–Crippen LogP) is 1.25. The van der Waals surface area contributed by atoms with Crippen molar-refractivity contribution in [3.05, 3.63) is 36.9 Å². The molecule has 0 aliphatic heterocycles. The maximum Gasteiger partial charge on any atom is 0.244 e. The van der Waals surface area contributed by atoms with Crippen molar-refractivity contribution in [3.8, 4) is 5.75 Å². The van der Waals surface area contributed by atoms with Crippen LogP contribution in [0.2, 0.25) is 0 Å². The lowest BCUT2D eigenvalue weighted by Gasteiger charge is -2.06. The molecule has 0 aliphatic carbocycles. The van der Waals surface area contributed by atoms with E-state index in [4.69, 9.17) is 0 Å². The predicted molar refractivity (Wildman–Crippen MR) is 58.1 cm³/mol. The van der Waals surface area contributed by atoms with Crippen molar-refractivity contribution in [2.45, 2.75) is 11.3 Å². The van der Waals surface area contributed by atoms with Crippen LogP contribution < -0.4 is 4.72 Å². The van der Waals surface area contributed by atoms with E-state index < -0.39 is 10.0 Å². The van der Waals surface area contributed by atoms with E-state index in [1.54, 1.807) is 18.2 Å². The number of rotatable bonds is 5. The van der Waals surface area contributed by atoms with Crippen LogP contribution in [0.5, 0.6) is 5.75 Å². The highest BCUT2D eigenvalue weighted by Gasteiger charge is 2.16. The summed E-state index contributed by atoms with van der Waals surface area (Å²) in [6, 6.07) is 5.81. The van der Waals surface area contributed by atoms with Gasteiger partial charge in [0.1, 0.15) is 10.6 Å². The maximum atomic E-state index is 11.6. The number of aromatic hydroxyl groups is 1. The van der Waals surface area contributed by atoms with Crippen molar-refractivity contribution in [2.75, 3.05) is 6.54 Å². The number of hydrogen-bond donors (Lipinski definition) is 2. The summed E-state index contributed by atoms with van der Waals surface area (Å²) in [6.07, 6.45) is 2.17. The zero-order valence-corrected chi connectivity index (χ0v) is 9.00. The molecular formula is C10H13NO3S. The van der Waals surface area contributed by atoms with Crippen LogP contribution in [0.3, 0.4) is 0 Å². The van der Waals surface area contributed by atoms with Crippen LogP contribution in [0.1, 0.15) is 6.42 Å². The molecule has 15 heavy (non-hydrogen) atoms. The topological polar surface area (TPSA) is 66.4 Å². The molecule has 5 heteroatoms. The van der Waals surface area contributed by atoms with E-state index in [2.05, 4.69) is 11.3 Å². The Bertz CT molecular complexity index is 440. The number of para-hydroxylation sites is 1. The molecule has 0 aromatic heterocycles. The minimum absolute atomic E-state index is 0.103. The number of phenols is 1. The van der Waals surface area contributed by atoms with Crippen LogP contribution in [-0.4, -0.2) is 20.1 Å². The van der Waals surface area contributed by atoms with Gasteiger partial charge in [-0.2, -0.15) is 0 Å². The maximum absolute atomic E-state index is 11.6. The minimum atomic E-state index is -3.61. The smallest absolute Gasteiger partial charge is 0.244 e. The summed E-state index contributed by atoms with van der Waals surface area (Å²) >= 11 is 0. The first-order valence-electron chi connectivity index (χ1n) is 4.46. The van der Waals surface area contributed by atoms with Crippen LogP contribution in [0, 0.1) is 0 Å². The molecule has 2 N–H and O–H groups in total. The van der Waals surface area contributed by atoms with E-state index in [0.29, 0.717) is 6.42 Å². The zero-order valence-electron chi connectivity index (χ0n) is 8.18. The third kappa shape index (κ3) is 3.07. The number of benzene rings is 1. The number of phenolic OH excluding ortho intramolecular Hbond substituents is 1. The van der Waals surface area contributed by atoms with Gasteiger partial charge in [0.05, 0.1) is 0 Å². The van der Waals surface area contributed by atoms with E-state index in [9.17, 15) is 13.5 Å². The van der Waals surface area contributed by atoms with Gasteiger partial charge in [-0.05, 0) is 18.6 Å². The van der Waals surface area contributed by atoms with E-state index >= 15 is 0 Å². The highest BCUT2D eigenvalue weighted by molar-refractivity contribution is 7.89. The van der Waals surface area contributed by atoms with Gasteiger partial charge in [0, 0.05) is 6.54 Å². The van der Waals surface area contributed by atoms with Crippen molar-refractivity contribution in [1.29, 1.82) is 0 Å². The Hall–Kier alpha value is -1.33. The molecule has 0 unspecified atom stereocenters. The zero-order chi connectivity index (χ0) is 11.3. The first kappa shape index (κ1) is 11.7. The minimum Gasteiger partial charge on any atom is -0.507 e. The van der Waals surface area contributed by atoms with Gasteiger partial charge in [-0.3, -0.25) is 0 Å². The molecule has 0 spiro atoms. The van der Waals surface area contributed by atoms with Gasteiger partial charge in [0.15, 0.2) is 0 Å². The molecule has 0 saturated heterocycles. The van der Waals surface area contributed by atoms with Gasteiger partial charge in [-0.25, -0.2) is 13.1 Å². The first-order chi connectivity index (χ1) is 7.08. The highest BCUT2D eigenvalue weighted by atomic mass is 32.2. The summed E-state index contributed by atoms with van der Waals surface area (Å²) < 4.78 is 25.6. The Kier molecular flexibility index (Phi) is 3.88. The molecule has 0 saturated carbocycles. The molecule has 1 aromatic carbocycles. The van der Waals surface area contributed by atoms with Crippen LogP contribution in [0.4, 0.5) is 0 Å². The van der Waals surface area contributed by atoms with E-state index in [1.165, 1.54) is 12.1 Å². The second-order valence-electron chi connectivity index (χ2n) is 2.94. The fraction of sp³-hybridized carbons (Fsp3) is 0.200. The van der Waals surface area contributed by atoms with E-state index in [1.807, 2.05) is 0 Å². The van der Waals surface area contributed by atoms with Gasteiger partial charge in [-0.15, -0.1) is 6.58 Å². The lowest BCUT2D eigenvalue weighted by atomic mass is 10.3. The Labute approximate surface area is 89.3 Å². The summed E-state index contributed by atoms with van der Waals surface area (Å²) in [6.45, 7) is 3.76. The number of nitrogens with one attached hydrogen (secondary N) is 1. The second-order valence-corrected chi connectivity index (χ2v) is 4.68.